The molecule has 2 rings (SSSR count). The molecule has 1 nitrogen and oxygen atoms in total. The Morgan fingerprint density at radius 2 is 1.13 bits per heavy atom. The lowest BCUT2D eigenvalue weighted by Crippen LogP contribution is -2.45. The van der Waals surface area contributed by atoms with Gasteiger partial charge in [-0.15, -0.1) is 0 Å². The van der Waals surface area contributed by atoms with E-state index in [9.17, 15) is 0 Å². The molecule has 2 aliphatic rings. The first-order chi connectivity index (χ1) is 7.42. The van der Waals surface area contributed by atoms with E-state index in [1.165, 1.54) is 64.2 Å². The van der Waals surface area contributed by atoms with Crippen molar-refractivity contribution in [2.75, 3.05) is 0 Å². The van der Waals surface area contributed by atoms with Crippen LogP contribution in [0.25, 0.3) is 0 Å². The molecule has 0 atom stereocenters. The number of hydrogen-bond acceptors (Lipinski definition) is 1. The zero-order valence-electron chi connectivity index (χ0n) is 9.63. The van der Waals surface area contributed by atoms with Crippen LogP contribution in [0.1, 0.15) is 64.2 Å². The first kappa shape index (κ1) is 11.8. The molecule has 0 amide bonds. The number of halogens is 1. The van der Waals surface area contributed by atoms with Crippen molar-refractivity contribution >= 4 is 18.3 Å². The zero-order chi connectivity index (χ0) is 10.5. The van der Waals surface area contributed by atoms with Gasteiger partial charge in [0.25, 0.3) is 0 Å². The minimum atomic E-state index is 0.749. The number of rotatable bonds is 3. The fraction of sp³-hybridized carbons (Fsp3) is 1.00. The smallest absolute Gasteiger partial charge is 0.327 e. The third-order valence-corrected chi connectivity index (χ3v) is 4.33. The Kier molecular flexibility index (Phi) is 4.83. The average Bonchev–Trinajstić information content (AvgIpc) is 2.33. The molecule has 0 unspecified atom stereocenters. The quantitative estimate of drug-likeness (QED) is 0.663. The van der Waals surface area contributed by atoms with Gasteiger partial charge in [-0.2, -0.15) is 11.5 Å². The van der Waals surface area contributed by atoms with Crippen LogP contribution in [0.15, 0.2) is 0 Å². The minimum absolute atomic E-state index is 0.749. The van der Waals surface area contributed by atoms with Crippen molar-refractivity contribution in [2.45, 2.75) is 76.3 Å². The number of hydrogen-bond donors (Lipinski definition) is 0. The molecule has 0 aliphatic heterocycles. The SMILES string of the molecule is Cl[B]N(C1CCCCC1)C1CCCCC1. The molecule has 1 radical (unpaired) electrons. The molecule has 0 N–H and O–H groups in total. The Labute approximate surface area is 99.7 Å². The first-order valence-corrected chi connectivity index (χ1v) is 7.06. The van der Waals surface area contributed by atoms with E-state index in [-0.39, 0.29) is 0 Å². The van der Waals surface area contributed by atoms with Crippen LogP contribution >= 0.6 is 11.5 Å². The van der Waals surface area contributed by atoms with E-state index in [0.717, 1.165) is 12.1 Å². The van der Waals surface area contributed by atoms with Gasteiger partial charge in [-0.1, -0.05) is 38.5 Å². The molecular weight excluding hydrogens is 204 g/mol. The molecule has 0 aromatic carbocycles. The molecule has 0 aromatic heterocycles. The summed E-state index contributed by atoms with van der Waals surface area (Å²) in [7, 11) is 0. The Morgan fingerprint density at radius 1 is 0.733 bits per heavy atom. The lowest BCUT2D eigenvalue weighted by Gasteiger charge is -2.40. The minimum Gasteiger partial charge on any atom is -0.327 e. The lowest BCUT2D eigenvalue weighted by atomic mass is 9.86. The standard InChI is InChI=1S/C12H22BClN/c14-13-15(11-7-3-1-4-8-11)12-9-5-2-6-10-12/h11-12H,1-10H2. The molecule has 2 saturated carbocycles. The van der Waals surface area contributed by atoms with Gasteiger partial charge in [-0.05, 0) is 37.8 Å². The largest absolute Gasteiger partial charge is 0.335 e. The van der Waals surface area contributed by atoms with Gasteiger partial charge in [0, 0.05) is 0 Å². The van der Waals surface area contributed by atoms with Crippen LogP contribution in [0.3, 0.4) is 0 Å². The van der Waals surface area contributed by atoms with Crippen LogP contribution in [0.4, 0.5) is 0 Å². The Hall–Kier alpha value is 0.315. The van der Waals surface area contributed by atoms with E-state index < -0.39 is 0 Å². The van der Waals surface area contributed by atoms with Crippen molar-refractivity contribution in [3.8, 4) is 0 Å². The highest BCUT2D eigenvalue weighted by molar-refractivity contribution is 6.92. The van der Waals surface area contributed by atoms with Crippen molar-refractivity contribution in [2.24, 2.45) is 0 Å². The van der Waals surface area contributed by atoms with E-state index in [1.807, 2.05) is 6.83 Å². The summed E-state index contributed by atoms with van der Waals surface area (Å²) in [5.74, 6) is 0. The summed E-state index contributed by atoms with van der Waals surface area (Å²) >= 11 is 6.04. The van der Waals surface area contributed by atoms with E-state index in [4.69, 9.17) is 11.5 Å². The maximum absolute atomic E-state index is 6.04. The summed E-state index contributed by atoms with van der Waals surface area (Å²) in [6.07, 6.45) is 13.9. The summed E-state index contributed by atoms with van der Waals surface area (Å²) in [4.78, 5) is 2.49. The summed E-state index contributed by atoms with van der Waals surface area (Å²) in [5, 5.41) is 0. The first-order valence-electron chi connectivity index (χ1n) is 6.63. The van der Waals surface area contributed by atoms with E-state index in [2.05, 4.69) is 4.81 Å². The molecule has 0 aromatic rings. The molecule has 0 heterocycles. The molecule has 0 bridgehead atoms. The van der Waals surface area contributed by atoms with Gasteiger partial charge in [0.05, 0.1) is 0 Å². The van der Waals surface area contributed by atoms with Gasteiger partial charge in [-0.25, -0.2) is 0 Å². The molecule has 85 valence electrons. The van der Waals surface area contributed by atoms with Gasteiger partial charge in [0.2, 0.25) is 0 Å². The van der Waals surface area contributed by atoms with Crippen LogP contribution < -0.4 is 0 Å². The number of nitrogens with zero attached hydrogens (tertiary/aromatic N) is 1. The van der Waals surface area contributed by atoms with E-state index >= 15 is 0 Å². The maximum Gasteiger partial charge on any atom is 0.335 e. The Morgan fingerprint density at radius 3 is 1.47 bits per heavy atom. The van der Waals surface area contributed by atoms with Gasteiger partial charge in [-0.3, -0.25) is 0 Å². The monoisotopic (exact) mass is 226 g/mol. The second-order valence-electron chi connectivity index (χ2n) is 5.13. The third kappa shape index (κ3) is 3.14. The van der Waals surface area contributed by atoms with Crippen LogP contribution in [-0.2, 0) is 0 Å². The van der Waals surface area contributed by atoms with Gasteiger partial charge < -0.3 is 4.81 Å². The highest BCUT2D eigenvalue weighted by Gasteiger charge is 2.28. The van der Waals surface area contributed by atoms with Crippen LogP contribution in [0.5, 0.6) is 0 Å². The average molecular weight is 227 g/mol. The predicted octanol–water partition coefficient (Wildman–Crippen LogP) is 3.73. The second kappa shape index (κ2) is 6.15. The van der Waals surface area contributed by atoms with Crippen molar-refractivity contribution in [1.29, 1.82) is 0 Å². The van der Waals surface area contributed by atoms with Crippen molar-refractivity contribution in [1.82, 2.24) is 4.81 Å². The molecule has 0 saturated heterocycles. The van der Waals surface area contributed by atoms with Crippen molar-refractivity contribution < 1.29 is 0 Å². The summed E-state index contributed by atoms with van der Waals surface area (Å²) in [5.41, 5.74) is 0. The van der Waals surface area contributed by atoms with Crippen molar-refractivity contribution in [3.63, 3.8) is 0 Å². The summed E-state index contributed by atoms with van der Waals surface area (Å²) in [6.45, 7) is 1.85. The molecular formula is C12H22BClN. The highest BCUT2D eigenvalue weighted by Crippen LogP contribution is 2.29. The van der Waals surface area contributed by atoms with Gasteiger partial charge >= 0.3 is 6.83 Å². The maximum atomic E-state index is 6.04. The van der Waals surface area contributed by atoms with Gasteiger partial charge in [0.1, 0.15) is 0 Å². The summed E-state index contributed by atoms with van der Waals surface area (Å²) < 4.78 is 0. The normalized spacial score (nSPS) is 25.7. The zero-order valence-corrected chi connectivity index (χ0v) is 10.4. The molecule has 15 heavy (non-hydrogen) atoms. The predicted molar refractivity (Wildman–Crippen MR) is 67.2 cm³/mol. The Bertz CT molecular complexity index is 158. The Balaban J connectivity index is 1.88. The topological polar surface area (TPSA) is 3.24 Å². The second-order valence-corrected chi connectivity index (χ2v) is 5.32. The fourth-order valence-electron chi connectivity index (χ4n) is 3.22. The fourth-order valence-corrected chi connectivity index (χ4v) is 3.53. The summed E-state index contributed by atoms with van der Waals surface area (Å²) in [6, 6.07) is 1.50. The molecule has 0 spiro atoms. The lowest BCUT2D eigenvalue weighted by molar-refractivity contribution is 0.173. The molecule has 3 heteroatoms. The van der Waals surface area contributed by atoms with Crippen LogP contribution in [0, 0.1) is 0 Å². The van der Waals surface area contributed by atoms with E-state index in [0.29, 0.717) is 0 Å². The van der Waals surface area contributed by atoms with Crippen molar-refractivity contribution in [3.05, 3.63) is 0 Å². The molecule has 2 aliphatic carbocycles. The highest BCUT2D eigenvalue weighted by atomic mass is 35.5. The third-order valence-electron chi connectivity index (χ3n) is 4.11. The van der Waals surface area contributed by atoms with E-state index in [1.54, 1.807) is 0 Å². The van der Waals surface area contributed by atoms with Crippen LogP contribution in [0.2, 0.25) is 0 Å². The van der Waals surface area contributed by atoms with Crippen LogP contribution in [-0.4, -0.2) is 23.7 Å². The molecule has 2 fully saturated rings. The van der Waals surface area contributed by atoms with Gasteiger partial charge in [0.15, 0.2) is 0 Å².